The van der Waals surface area contributed by atoms with Crippen LogP contribution in [-0.2, 0) is 4.74 Å². The Morgan fingerprint density at radius 2 is 2.22 bits per heavy atom. The molecule has 0 aliphatic carbocycles. The van der Waals surface area contributed by atoms with Gasteiger partial charge in [0.15, 0.2) is 11.5 Å². The summed E-state index contributed by atoms with van der Waals surface area (Å²) < 4.78 is 13.4. The van der Waals surface area contributed by atoms with Crippen LogP contribution in [0.4, 0.5) is 5.82 Å². The van der Waals surface area contributed by atoms with Gasteiger partial charge in [-0.05, 0) is 56.5 Å². The topological polar surface area (TPSA) is 68.0 Å². The first-order valence-corrected chi connectivity index (χ1v) is 9.46. The minimum Gasteiger partial charge on any atom is -0.504 e. The number of aromatic nitrogens is 2. The molecule has 1 fully saturated rings. The van der Waals surface area contributed by atoms with Crippen molar-refractivity contribution in [2.45, 2.75) is 32.8 Å². The van der Waals surface area contributed by atoms with Gasteiger partial charge in [-0.25, -0.2) is 4.98 Å². The fourth-order valence-corrected chi connectivity index (χ4v) is 3.47. The number of fused-ring (bicyclic) bond motifs is 1. The van der Waals surface area contributed by atoms with Crippen LogP contribution in [0.25, 0.3) is 16.9 Å². The average molecular weight is 367 g/mol. The summed E-state index contributed by atoms with van der Waals surface area (Å²) in [5, 5.41) is 13.6. The van der Waals surface area contributed by atoms with Gasteiger partial charge < -0.3 is 19.9 Å². The quantitative estimate of drug-likeness (QED) is 0.689. The largest absolute Gasteiger partial charge is 0.504 e. The molecule has 0 unspecified atom stereocenters. The molecule has 1 aromatic carbocycles. The molecule has 1 aliphatic heterocycles. The highest BCUT2D eigenvalue weighted by atomic mass is 16.5. The molecule has 2 aromatic heterocycles. The van der Waals surface area contributed by atoms with Crippen LogP contribution in [-0.4, -0.2) is 40.4 Å². The first-order valence-electron chi connectivity index (χ1n) is 9.46. The molecule has 0 saturated carbocycles. The monoisotopic (exact) mass is 367 g/mol. The van der Waals surface area contributed by atoms with Gasteiger partial charge >= 0.3 is 0 Å². The normalized spacial score (nSPS) is 16.7. The van der Waals surface area contributed by atoms with Crippen LogP contribution in [0.5, 0.6) is 11.5 Å². The molecule has 0 spiro atoms. The highest BCUT2D eigenvalue weighted by Gasteiger charge is 2.19. The van der Waals surface area contributed by atoms with E-state index in [4.69, 9.17) is 14.5 Å². The molecule has 27 heavy (non-hydrogen) atoms. The predicted molar refractivity (Wildman–Crippen MR) is 106 cm³/mol. The number of rotatable bonds is 6. The number of phenolic OH excluding ortho intramolecular Hbond substituents is 1. The summed E-state index contributed by atoms with van der Waals surface area (Å²) in [6.07, 6.45) is 4.49. The Labute approximate surface area is 158 Å². The van der Waals surface area contributed by atoms with E-state index in [1.54, 1.807) is 6.07 Å². The number of anilines is 1. The summed E-state index contributed by atoms with van der Waals surface area (Å²) in [5.41, 5.74) is 3.76. The predicted octanol–water partition coefficient (Wildman–Crippen LogP) is 4.00. The van der Waals surface area contributed by atoms with E-state index in [1.807, 2.05) is 25.1 Å². The van der Waals surface area contributed by atoms with E-state index in [2.05, 4.69) is 28.9 Å². The number of imidazole rings is 1. The summed E-state index contributed by atoms with van der Waals surface area (Å²) in [7, 11) is 0. The van der Waals surface area contributed by atoms with Gasteiger partial charge in [-0.15, -0.1) is 0 Å². The van der Waals surface area contributed by atoms with E-state index in [-0.39, 0.29) is 11.9 Å². The highest BCUT2D eigenvalue weighted by molar-refractivity contribution is 5.78. The van der Waals surface area contributed by atoms with Crippen LogP contribution in [0, 0.1) is 6.92 Å². The number of nitrogens with zero attached hydrogens (tertiary/aromatic N) is 2. The molecule has 4 rings (SSSR count). The molecule has 0 radical (unpaired) electrons. The molecule has 2 N–H and O–H groups in total. The van der Waals surface area contributed by atoms with Crippen molar-refractivity contribution < 1.29 is 14.6 Å². The first kappa shape index (κ1) is 17.7. The second-order valence-corrected chi connectivity index (χ2v) is 6.88. The molecule has 0 amide bonds. The second-order valence-electron chi connectivity index (χ2n) is 6.88. The molecule has 6 nitrogen and oxygen atoms in total. The minimum atomic E-state index is 0.133. The number of aromatic hydroxyl groups is 1. The van der Waals surface area contributed by atoms with Gasteiger partial charge in [0.1, 0.15) is 17.2 Å². The van der Waals surface area contributed by atoms with Gasteiger partial charge in [0, 0.05) is 24.9 Å². The third kappa shape index (κ3) is 3.57. The number of hydrogen-bond donors (Lipinski definition) is 2. The lowest BCUT2D eigenvalue weighted by Gasteiger charge is -2.14. The maximum Gasteiger partial charge on any atom is 0.161 e. The molecule has 3 heterocycles. The molecule has 6 heteroatoms. The van der Waals surface area contributed by atoms with Gasteiger partial charge in [-0.3, -0.25) is 4.40 Å². The van der Waals surface area contributed by atoms with Crippen molar-refractivity contribution in [3.05, 3.63) is 42.1 Å². The van der Waals surface area contributed by atoms with Crippen molar-refractivity contribution in [3.8, 4) is 22.8 Å². The molecular weight excluding hydrogens is 342 g/mol. The van der Waals surface area contributed by atoms with Gasteiger partial charge in [0.05, 0.1) is 12.7 Å². The van der Waals surface area contributed by atoms with Crippen LogP contribution < -0.4 is 10.1 Å². The minimum absolute atomic E-state index is 0.133. The van der Waals surface area contributed by atoms with E-state index >= 15 is 0 Å². The number of ether oxygens (including phenoxy) is 2. The van der Waals surface area contributed by atoms with Crippen molar-refractivity contribution in [1.29, 1.82) is 0 Å². The zero-order valence-electron chi connectivity index (χ0n) is 15.7. The zero-order valence-corrected chi connectivity index (χ0v) is 15.7. The Hall–Kier alpha value is -2.73. The Morgan fingerprint density at radius 1 is 1.33 bits per heavy atom. The Bertz CT molecular complexity index is 945. The Kier molecular flexibility index (Phi) is 4.90. The lowest BCUT2D eigenvalue weighted by Crippen LogP contribution is -2.19. The van der Waals surface area contributed by atoms with E-state index < -0.39 is 0 Å². The van der Waals surface area contributed by atoms with Crippen molar-refractivity contribution in [1.82, 2.24) is 9.38 Å². The maximum absolute atomic E-state index is 10.0. The van der Waals surface area contributed by atoms with Crippen molar-refractivity contribution >= 4 is 11.5 Å². The van der Waals surface area contributed by atoms with Crippen molar-refractivity contribution in [2.24, 2.45) is 0 Å². The lowest BCUT2D eigenvalue weighted by molar-refractivity contribution is 0.120. The standard InChI is InChI=1S/C21H25N3O3/c1-3-26-18-11-15(7-8-17(18)25)20-21(22-12-16-5-4-10-27-16)24-13-14(2)6-9-19(24)23-20/h6-9,11,13,16,22,25H,3-5,10,12H2,1-2H3/t16-/m1/s1. The lowest BCUT2D eigenvalue weighted by atomic mass is 10.1. The van der Waals surface area contributed by atoms with Gasteiger partial charge in [0.25, 0.3) is 0 Å². The van der Waals surface area contributed by atoms with Crippen LogP contribution in [0.1, 0.15) is 25.3 Å². The fourth-order valence-electron chi connectivity index (χ4n) is 3.47. The SMILES string of the molecule is CCOc1cc(-c2nc3ccc(C)cn3c2NC[C@H]2CCCO2)ccc1O. The first-order chi connectivity index (χ1) is 13.2. The fraction of sp³-hybridized carbons (Fsp3) is 0.381. The molecule has 142 valence electrons. The molecular formula is C21H25N3O3. The Balaban J connectivity index is 1.76. The van der Waals surface area contributed by atoms with E-state index in [0.717, 1.165) is 54.3 Å². The summed E-state index contributed by atoms with van der Waals surface area (Å²) in [4.78, 5) is 4.82. The maximum atomic E-state index is 10.0. The number of pyridine rings is 1. The van der Waals surface area contributed by atoms with Gasteiger partial charge in [-0.1, -0.05) is 6.07 Å². The third-order valence-electron chi connectivity index (χ3n) is 4.82. The summed E-state index contributed by atoms with van der Waals surface area (Å²) in [5.74, 6) is 1.53. The molecule has 3 aromatic rings. The molecule has 1 atom stereocenters. The van der Waals surface area contributed by atoms with Gasteiger partial charge in [0.2, 0.25) is 0 Å². The summed E-state index contributed by atoms with van der Waals surface area (Å²) in [6.45, 7) is 6.03. The number of nitrogens with one attached hydrogen (secondary N) is 1. The molecule has 1 aliphatic rings. The highest BCUT2D eigenvalue weighted by Crippen LogP contribution is 2.35. The average Bonchev–Trinajstić information content (AvgIpc) is 3.29. The van der Waals surface area contributed by atoms with E-state index in [0.29, 0.717) is 12.4 Å². The number of hydrogen-bond acceptors (Lipinski definition) is 5. The smallest absolute Gasteiger partial charge is 0.161 e. The van der Waals surface area contributed by atoms with Crippen LogP contribution >= 0.6 is 0 Å². The van der Waals surface area contributed by atoms with Crippen LogP contribution in [0.3, 0.4) is 0 Å². The number of phenols is 1. The van der Waals surface area contributed by atoms with Crippen LogP contribution in [0.2, 0.25) is 0 Å². The summed E-state index contributed by atoms with van der Waals surface area (Å²) in [6, 6.07) is 9.42. The van der Waals surface area contributed by atoms with Crippen molar-refractivity contribution in [3.63, 3.8) is 0 Å². The van der Waals surface area contributed by atoms with Crippen LogP contribution in [0.15, 0.2) is 36.5 Å². The molecule has 0 bridgehead atoms. The zero-order chi connectivity index (χ0) is 18.8. The van der Waals surface area contributed by atoms with E-state index in [1.165, 1.54) is 0 Å². The van der Waals surface area contributed by atoms with Gasteiger partial charge in [-0.2, -0.15) is 0 Å². The molecule has 1 saturated heterocycles. The second kappa shape index (κ2) is 7.48. The third-order valence-corrected chi connectivity index (χ3v) is 4.82. The number of aryl methyl sites for hydroxylation is 1. The summed E-state index contributed by atoms with van der Waals surface area (Å²) >= 11 is 0. The van der Waals surface area contributed by atoms with Crippen molar-refractivity contribution in [2.75, 3.05) is 25.1 Å². The van der Waals surface area contributed by atoms with E-state index in [9.17, 15) is 5.11 Å². The Morgan fingerprint density at radius 3 is 3.00 bits per heavy atom. The number of benzene rings is 1.